The molecule has 0 heterocycles. The number of carboxylic acid groups (broad SMARTS) is 1. The van der Waals surface area contributed by atoms with Crippen molar-refractivity contribution in [2.24, 2.45) is 5.16 Å². The quantitative estimate of drug-likeness (QED) is 0.447. The van der Waals surface area contributed by atoms with Crippen LogP contribution in [0, 0.1) is 0 Å². The first-order chi connectivity index (χ1) is 9.73. The number of carbonyl (C=O) groups excluding carboxylic acids is 1. The van der Waals surface area contributed by atoms with Gasteiger partial charge in [0.15, 0.2) is 0 Å². The highest BCUT2D eigenvalue weighted by Crippen LogP contribution is 2.08. The predicted octanol–water partition coefficient (Wildman–Crippen LogP) is 2.09. The van der Waals surface area contributed by atoms with Gasteiger partial charge in [0, 0.05) is 5.56 Å². The second-order valence-electron chi connectivity index (χ2n) is 5.28. The Hall–Kier alpha value is -2.57. The third-order valence-electron chi connectivity index (χ3n) is 2.38. The number of nitrogens with one attached hydrogen (secondary N) is 1. The molecule has 21 heavy (non-hydrogen) atoms. The topological polar surface area (TPSA) is 108 Å². The molecule has 114 valence electrons. The van der Waals surface area contributed by atoms with Crippen LogP contribution in [0.25, 0.3) is 0 Å². The number of hydrogen-bond acceptors (Lipinski definition) is 5. The number of alkyl carbamates (subject to hydrolysis) is 1. The Bertz CT molecular complexity index is 543. The van der Waals surface area contributed by atoms with Crippen molar-refractivity contribution >= 4 is 17.8 Å². The highest BCUT2D eigenvalue weighted by Gasteiger charge is 2.16. The molecule has 3 N–H and O–H groups in total. The molecule has 0 aliphatic heterocycles. The van der Waals surface area contributed by atoms with Crippen LogP contribution in [-0.2, 0) is 4.74 Å². The fraction of sp³-hybridized carbons (Fsp3) is 0.357. The lowest BCUT2D eigenvalue weighted by Crippen LogP contribution is -2.35. The van der Waals surface area contributed by atoms with Crippen LogP contribution in [0.3, 0.4) is 0 Å². The van der Waals surface area contributed by atoms with Gasteiger partial charge in [-0.2, -0.15) is 0 Å². The van der Waals surface area contributed by atoms with Gasteiger partial charge in [-0.25, -0.2) is 9.59 Å². The Labute approximate surface area is 122 Å². The van der Waals surface area contributed by atoms with Crippen LogP contribution < -0.4 is 5.32 Å². The standard InChI is InChI=1S/C14H18N2O5/c1-14(2,3)21-13(19)15-8-11(16-20)9-4-6-10(7-5-9)12(17)18/h4-7,20H,8H2,1-3H3,(H,15,19)(H,17,18). The molecule has 0 saturated heterocycles. The normalized spacial score (nSPS) is 11.9. The molecule has 1 aromatic rings. The van der Waals surface area contributed by atoms with Crippen LogP contribution in [0.15, 0.2) is 29.4 Å². The maximum atomic E-state index is 11.5. The van der Waals surface area contributed by atoms with Gasteiger partial charge in [-0.1, -0.05) is 17.3 Å². The van der Waals surface area contributed by atoms with Gasteiger partial charge in [0.05, 0.1) is 12.1 Å². The number of benzene rings is 1. The van der Waals surface area contributed by atoms with Gasteiger partial charge in [0.25, 0.3) is 0 Å². The van der Waals surface area contributed by atoms with Gasteiger partial charge in [-0.3, -0.25) is 0 Å². The number of rotatable bonds is 4. The smallest absolute Gasteiger partial charge is 0.407 e. The van der Waals surface area contributed by atoms with Gasteiger partial charge in [0.2, 0.25) is 0 Å². The zero-order valence-corrected chi connectivity index (χ0v) is 12.1. The third kappa shape index (κ3) is 5.52. The molecule has 0 bridgehead atoms. The highest BCUT2D eigenvalue weighted by atomic mass is 16.6. The summed E-state index contributed by atoms with van der Waals surface area (Å²) in [5, 5.41) is 23.3. The van der Waals surface area contributed by atoms with Crippen molar-refractivity contribution < 1.29 is 24.6 Å². The zero-order valence-electron chi connectivity index (χ0n) is 12.1. The maximum Gasteiger partial charge on any atom is 0.407 e. The van der Waals surface area contributed by atoms with E-state index in [-0.39, 0.29) is 17.8 Å². The fourth-order valence-corrected chi connectivity index (χ4v) is 1.47. The van der Waals surface area contributed by atoms with E-state index in [4.69, 9.17) is 15.1 Å². The molecular weight excluding hydrogens is 276 g/mol. The molecule has 0 atom stereocenters. The molecule has 0 fully saturated rings. The Morgan fingerprint density at radius 3 is 2.14 bits per heavy atom. The molecule has 0 spiro atoms. The maximum absolute atomic E-state index is 11.5. The Morgan fingerprint density at radius 2 is 1.71 bits per heavy atom. The number of aromatic carboxylic acids is 1. The number of carboxylic acids is 1. The Kier molecular flexibility index (Phi) is 5.29. The molecule has 0 aliphatic carbocycles. The Balaban J connectivity index is 2.68. The number of nitrogens with zero attached hydrogens (tertiary/aromatic N) is 1. The minimum Gasteiger partial charge on any atom is -0.478 e. The van der Waals surface area contributed by atoms with Crippen LogP contribution >= 0.6 is 0 Å². The van der Waals surface area contributed by atoms with E-state index in [0.717, 1.165) is 0 Å². The van der Waals surface area contributed by atoms with E-state index in [0.29, 0.717) is 5.56 Å². The van der Waals surface area contributed by atoms with Crippen LogP contribution in [-0.4, -0.2) is 40.2 Å². The van der Waals surface area contributed by atoms with Crippen LogP contribution in [0.5, 0.6) is 0 Å². The van der Waals surface area contributed by atoms with Gasteiger partial charge in [-0.05, 0) is 32.9 Å². The average Bonchev–Trinajstić information content (AvgIpc) is 2.38. The van der Waals surface area contributed by atoms with E-state index < -0.39 is 17.7 Å². The van der Waals surface area contributed by atoms with E-state index >= 15 is 0 Å². The van der Waals surface area contributed by atoms with E-state index in [9.17, 15) is 9.59 Å². The predicted molar refractivity (Wildman–Crippen MR) is 76.0 cm³/mol. The summed E-state index contributed by atoms with van der Waals surface area (Å²) in [6.45, 7) is 5.16. The van der Waals surface area contributed by atoms with E-state index in [1.165, 1.54) is 24.3 Å². The van der Waals surface area contributed by atoms with Crippen LogP contribution in [0.4, 0.5) is 4.79 Å². The van der Waals surface area contributed by atoms with E-state index in [1.807, 2.05) is 0 Å². The lowest BCUT2D eigenvalue weighted by atomic mass is 10.1. The van der Waals surface area contributed by atoms with E-state index in [1.54, 1.807) is 20.8 Å². The Morgan fingerprint density at radius 1 is 1.19 bits per heavy atom. The van der Waals surface area contributed by atoms with Crippen molar-refractivity contribution in [3.8, 4) is 0 Å². The molecule has 7 heteroatoms. The summed E-state index contributed by atoms with van der Waals surface area (Å²) in [6, 6.07) is 5.76. The summed E-state index contributed by atoms with van der Waals surface area (Å²) < 4.78 is 5.05. The number of carbonyl (C=O) groups is 2. The zero-order chi connectivity index (χ0) is 16.0. The second kappa shape index (κ2) is 6.74. The lowest BCUT2D eigenvalue weighted by Gasteiger charge is -2.19. The van der Waals surface area contributed by atoms with Gasteiger partial charge >= 0.3 is 12.1 Å². The van der Waals surface area contributed by atoms with Crippen molar-refractivity contribution in [1.82, 2.24) is 5.32 Å². The molecule has 1 amide bonds. The van der Waals surface area contributed by atoms with E-state index in [2.05, 4.69) is 10.5 Å². The monoisotopic (exact) mass is 294 g/mol. The summed E-state index contributed by atoms with van der Waals surface area (Å²) in [7, 11) is 0. The number of ether oxygens (including phenoxy) is 1. The van der Waals surface area contributed by atoms with Crippen molar-refractivity contribution in [3.63, 3.8) is 0 Å². The van der Waals surface area contributed by atoms with Gasteiger partial charge in [0.1, 0.15) is 11.3 Å². The van der Waals surface area contributed by atoms with Crippen LogP contribution in [0.1, 0.15) is 36.7 Å². The minimum atomic E-state index is -1.05. The molecule has 0 unspecified atom stereocenters. The van der Waals surface area contributed by atoms with Crippen molar-refractivity contribution in [2.75, 3.05) is 6.54 Å². The highest BCUT2D eigenvalue weighted by molar-refractivity contribution is 6.03. The summed E-state index contributed by atoms with van der Waals surface area (Å²) in [4.78, 5) is 22.3. The lowest BCUT2D eigenvalue weighted by molar-refractivity contribution is 0.0535. The molecule has 0 saturated carbocycles. The number of oxime groups is 1. The first-order valence-corrected chi connectivity index (χ1v) is 6.24. The SMILES string of the molecule is CC(C)(C)OC(=O)NCC(=NO)c1ccc(C(=O)O)cc1. The largest absolute Gasteiger partial charge is 0.478 e. The third-order valence-corrected chi connectivity index (χ3v) is 2.38. The summed E-state index contributed by atoms with van der Waals surface area (Å²) >= 11 is 0. The minimum absolute atomic E-state index is 0.0438. The molecule has 0 aromatic heterocycles. The molecule has 1 rings (SSSR count). The second-order valence-corrected chi connectivity index (χ2v) is 5.28. The van der Waals surface area contributed by atoms with Crippen molar-refractivity contribution in [2.45, 2.75) is 26.4 Å². The molecule has 7 nitrogen and oxygen atoms in total. The first kappa shape index (κ1) is 16.5. The summed E-state index contributed by atoms with van der Waals surface area (Å²) in [5.41, 5.74) is 0.191. The summed E-state index contributed by atoms with van der Waals surface area (Å²) in [5.74, 6) is -1.05. The molecular formula is C14H18N2O5. The number of hydrogen-bond donors (Lipinski definition) is 3. The molecule has 1 aromatic carbocycles. The van der Waals surface area contributed by atoms with Gasteiger partial charge < -0.3 is 20.4 Å². The van der Waals surface area contributed by atoms with Crippen molar-refractivity contribution in [1.29, 1.82) is 0 Å². The summed E-state index contributed by atoms with van der Waals surface area (Å²) in [6.07, 6.45) is -0.634. The average molecular weight is 294 g/mol. The van der Waals surface area contributed by atoms with Crippen LogP contribution in [0.2, 0.25) is 0 Å². The first-order valence-electron chi connectivity index (χ1n) is 6.24. The number of amides is 1. The fourth-order valence-electron chi connectivity index (χ4n) is 1.47. The molecule has 0 radical (unpaired) electrons. The van der Waals surface area contributed by atoms with Crippen molar-refractivity contribution in [3.05, 3.63) is 35.4 Å². The molecule has 0 aliphatic rings. The van der Waals surface area contributed by atoms with Gasteiger partial charge in [-0.15, -0.1) is 0 Å².